The van der Waals surface area contributed by atoms with Crippen LogP contribution < -0.4 is 0 Å². The van der Waals surface area contributed by atoms with Crippen molar-refractivity contribution in [3.8, 4) is 0 Å². The summed E-state index contributed by atoms with van der Waals surface area (Å²) >= 11 is 0. The molecule has 5 aliphatic carbocycles. The third kappa shape index (κ3) is 3.51. The zero-order chi connectivity index (χ0) is 30.5. The van der Waals surface area contributed by atoms with Gasteiger partial charge in [0, 0.05) is 83.0 Å². The first-order valence-electron chi connectivity index (χ1n) is 15.5. The van der Waals surface area contributed by atoms with Gasteiger partial charge in [0.25, 0.3) is 0 Å². The summed E-state index contributed by atoms with van der Waals surface area (Å²) in [6, 6.07) is 8.77. The van der Waals surface area contributed by atoms with Crippen LogP contribution in [0, 0.1) is 34.5 Å². The number of piperidine rings is 1. The summed E-state index contributed by atoms with van der Waals surface area (Å²) in [7, 11) is 9.01. The molecule has 7 rings (SSSR count). The van der Waals surface area contributed by atoms with Crippen molar-refractivity contribution in [1.29, 1.82) is 0 Å². The molecule has 0 radical (unpaired) electrons. The molecule has 1 aromatic rings. The number of aliphatic hydroxyl groups is 1. The molecule has 1 aliphatic heterocycles. The minimum atomic E-state index is -1.48. The third-order valence-corrected chi connectivity index (χ3v) is 12.7. The molecule has 13 atom stereocenters. The van der Waals surface area contributed by atoms with Crippen LogP contribution in [0.2, 0.25) is 0 Å². The van der Waals surface area contributed by atoms with E-state index in [9.17, 15) is 14.7 Å². The molecule has 0 amide bonds. The summed E-state index contributed by atoms with van der Waals surface area (Å²) in [4.78, 5) is 29.2. The standard InChI is InChI=1S/C33H45NO9/c1-18(35)43-32-15-22(40-5)31(37)14-20(23(32)28(31)42-29(36)19-10-8-7-9-11-19)33-21(39-4)12-13-30(17-38-3)16-34(2)27(33)24(32)25(41-6)26(30)33/h7-11,20-28,37H,12-17H2,1-6H3/t20-,21+,22+,23-,24-,25+,26-,27+,28-,30+,31+,32-,33+/m1/s1. The average Bonchev–Trinajstić information content (AvgIpc) is 3.37. The Morgan fingerprint density at radius 1 is 1.00 bits per heavy atom. The van der Waals surface area contributed by atoms with Gasteiger partial charge in [-0.1, -0.05) is 18.2 Å². The van der Waals surface area contributed by atoms with Crippen LogP contribution in [-0.4, -0.2) is 112 Å². The molecular formula is C33H45NO9. The van der Waals surface area contributed by atoms with Crippen molar-refractivity contribution in [2.45, 2.75) is 74.3 Å². The molecular weight excluding hydrogens is 554 g/mol. The second-order valence-electron chi connectivity index (χ2n) is 14.1. The van der Waals surface area contributed by atoms with Crippen molar-refractivity contribution in [2.24, 2.45) is 34.5 Å². The van der Waals surface area contributed by atoms with Gasteiger partial charge in [-0.2, -0.15) is 0 Å². The number of benzene rings is 1. The topological polar surface area (TPSA) is 113 Å². The molecule has 0 aromatic heterocycles. The van der Waals surface area contributed by atoms with Crippen molar-refractivity contribution in [2.75, 3.05) is 48.6 Å². The summed E-state index contributed by atoms with van der Waals surface area (Å²) in [5.74, 6) is -1.87. The highest BCUT2D eigenvalue weighted by Crippen LogP contribution is 2.80. The van der Waals surface area contributed by atoms with E-state index in [0.29, 0.717) is 18.6 Å². The molecule has 1 aromatic carbocycles. The van der Waals surface area contributed by atoms with E-state index in [4.69, 9.17) is 28.4 Å². The molecule has 7 bridgehead atoms. The molecule has 43 heavy (non-hydrogen) atoms. The van der Waals surface area contributed by atoms with Crippen molar-refractivity contribution in [1.82, 2.24) is 4.90 Å². The number of fused-ring (bicyclic) bond motifs is 2. The summed E-state index contributed by atoms with van der Waals surface area (Å²) in [6.07, 6.45) is 0.272. The van der Waals surface area contributed by atoms with Gasteiger partial charge in [-0.15, -0.1) is 0 Å². The molecule has 0 unspecified atom stereocenters. The molecule has 10 nitrogen and oxygen atoms in total. The highest BCUT2D eigenvalue weighted by molar-refractivity contribution is 5.89. The maximum absolute atomic E-state index is 13.7. The SMILES string of the molecule is COC[C@@]12CC[C@H](OC)[C@@]34[C@@H]5C[C@]6(O)[C@@H](OC)C[C@](OC(C)=O)([C@H]([C@H](OC)[C@H]13)[C@@H]4N(C)C2)[C@H]5[C@H]6OC(=O)c1ccccc1. The Hall–Kier alpha value is -2.08. The first-order chi connectivity index (χ1) is 20.6. The highest BCUT2D eigenvalue weighted by atomic mass is 16.6. The van der Waals surface area contributed by atoms with Gasteiger partial charge in [0.2, 0.25) is 0 Å². The van der Waals surface area contributed by atoms with Crippen molar-refractivity contribution in [3.05, 3.63) is 35.9 Å². The minimum absolute atomic E-state index is 0.0201. The number of esters is 2. The summed E-state index contributed by atoms with van der Waals surface area (Å²) in [5.41, 5.74) is -2.88. The fraction of sp³-hybridized carbons (Fsp3) is 0.758. The predicted octanol–water partition coefficient (Wildman–Crippen LogP) is 2.32. The Labute approximate surface area is 253 Å². The quantitative estimate of drug-likeness (QED) is 0.447. The number of carbonyl (C=O) groups excluding carboxylic acids is 2. The smallest absolute Gasteiger partial charge is 0.338 e. The van der Waals surface area contributed by atoms with Gasteiger partial charge in [0.05, 0.1) is 30.5 Å². The van der Waals surface area contributed by atoms with Gasteiger partial charge in [0.15, 0.2) is 0 Å². The monoisotopic (exact) mass is 599 g/mol. The van der Waals surface area contributed by atoms with E-state index in [1.165, 1.54) is 6.92 Å². The summed E-state index contributed by atoms with van der Waals surface area (Å²) in [6.45, 7) is 2.82. The Morgan fingerprint density at radius 3 is 2.35 bits per heavy atom. The Morgan fingerprint density at radius 2 is 1.72 bits per heavy atom. The minimum Gasteiger partial charge on any atom is -0.458 e. The lowest BCUT2D eigenvalue weighted by atomic mass is 9.43. The summed E-state index contributed by atoms with van der Waals surface area (Å²) in [5, 5.41) is 12.7. The molecule has 5 saturated carbocycles. The lowest BCUT2D eigenvalue weighted by Crippen LogP contribution is -2.77. The number of nitrogens with zero attached hydrogens (tertiary/aromatic N) is 1. The zero-order valence-corrected chi connectivity index (χ0v) is 26.0. The van der Waals surface area contributed by atoms with Gasteiger partial charge < -0.3 is 38.4 Å². The first-order valence-corrected chi connectivity index (χ1v) is 15.5. The molecule has 1 N–H and O–H groups in total. The van der Waals surface area contributed by atoms with E-state index < -0.39 is 46.7 Å². The number of hydrogen-bond donors (Lipinski definition) is 1. The van der Waals surface area contributed by atoms with E-state index in [-0.39, 0.29) is 47.8 Å². The highest BCUT2D eigenvalue weighted by Gasteiger charge is 2.89. The molecule has 1 saturated heterocycles. The van der Waals surface area contributed by atoms with Crippen LogP contribution >= 0.6 is 0 Å². The number of likely N-dealkylation sites (tertiary alicyclic amines) is 1. The lowest BCUT2D eigenvalue weighted by Gasteiger charge is -2.69. The fourth-order valence-corrected chi connectivity index (χ4v) is 12.2. The maximum atomic E-state index is 13.7. The van der Waals surface area contributed by atoms with E-state index in [0.717, 1.165) is 19.4 Å². The lowest BCUT2D eigenvalue weighted by molar-refractivity contribution is -0.285. The molecule has 10 heteroatoms. The van der Waals surface area contributed by atoms with E-state index in [2.05, 4.69) is 11.9 Å². The van der Waals surface area contributed by atoms with E-state index in [1.807, 2.05) is 6.07 Å². The van der Waals surface area contributed by atoms with Gasteiger partial charge in [-0.25, -0.2) is 4.79 Å². The molecule has 236 valence electrons. The van der Waals surface area contributed by atoms with Crippen LogP contribution in [0.25, 0.3) is 0 Å². The number of carbonyl (C=O) groups is 2. The van der Waals surface area contributed by atoms with Gasteiger partial charge in [-0.05, 0) is 44.4 Å². The average molecular weight is 600 g/mol. The van der Waals surface area contributed by atoms with E-state index in [1.54, 1.807) is 52.7 Å². The molecule has 1 spiro atoms. The normalized spacial score (nSPS) is 49.0. The zero-order valence-electron chi connectivity index (χ0n) is 26.0. The van der Waals surface area contributed by atoms with Crippen molar-refractivity contribution < 1.29 is 43.1 Å². The Balaban J connectivity index is 1.48. The fourth-order valence-electron chi connectivity index (χ4n) is 12.2. The number of hydrogen-bond acceptors (Lipinski definition) is 10. The maximum Gasteiger partial charge on any atom is 0.338 e. The predicted molar refractivity (Wildman–Crippen MR) is 153 cm³/mol. The molecule has 6 aliphatic rings. The van der Waals surface area contributed by atoms with Crippen LogP contribution in [0.15, 0.2) is 30.3 Å². The van der Waals surface area contributed by atoms with Crippen molar-refractivity contribution >= 4 is 11.9 Å². The second kappa shape index (κ2) is 9.96. The number of methoxy groups -OCH3 is 4. The first kappa shape index (κ1) is 29.6. The summed E-state index contributed by atoms with van der Waals surface area (Å²) < 4.78 is 38.0. The Bertz CT molecular complexity index is 1280. The van der Waals surface area contributed by atoms with Crippen LogP contribution in [0.1, 0.15) is 43.0 Å². The van der Waals surface area contributed by atoms with Crippen molar-refractivity contribution in [3.63, 3.8) is 0 Å². The number of ether oxygens (including phenoxy) is 6. The van der Waals surface area contributed by atoms with Crippen LogP contribution in [-0.2, 0) is 33.2 Å². The number of rotatable bonds is 8. The molecule has 6 fully saturated rings. The largest absolute Gasteiger partial charge is 0.458 e. The van der Waals surface area contributed by atoms with Gasteiger partial charge >= 0.3 is 11.9 Å². The van der Waals surface area contributed by atoms with Crippen LogP contribution in [0.3, 0.4) is 0 Å². The van der Waals surface area contributed by atoms with Gasteiger partial charge in [0.1, 0.15) is 17.3 Å². The third-order valence-electron chi connectivity index (χ3n) is 12.7. The van der Waals surface area contributed by atoms with Crippen LogP contribution in [0.5, 0.6) is 0 Å². The molecule has 1 heterocycles. The van der Waals surface area contributed by atoms with E-state index >= 15 is 0 Å². The second-order valence-corrected chi connectivity index (χ2v) is 14.1. The van der Waals surface area contributed by atoms with Crippen LogP contribution in [0.4, 0.5) is 0 Å². The van der Waals surface area contributed by atoms with Gasteiger partial charge in [-0.3, -0.25) is 4.79 Å². The Kier molecular flexibility index (Phi) is 6.86.